The topological polar surface area (TPSA) is 76.2 Å². The van der Waals surface area contributed by atoms with E-state index in [0.717, 1.165) is 20.5 Å². The predicted molar refractivity (Wildman–Crippen MR) is 69.5 cm³/mol. The zero-order valence-corrected chi connectivity index (χ0v) is 10.8. The Labute approximate surface area is 107 Å². The van der Waals surface area contributed by atoms with Crippen LogP contribution in [0.4, 0.5) is 0 Å². The van der Waals surface area contributed by atoms with E-state index in [0.29, 0.717) is 6.42 Å². The van der Waals surface area contributed by atoms with Gasteiger partial charge in [-0.15, -0.1) is 22.7 Å². The van der Waals surface area contributed by atoms with Crippen LogP contribution in [0, 0.1) is 6.92 Å². The number of hydrogen-bond acceptors (Lipinski definition) is 5. The molecule has 0 aliphatic carbocycles. The van der Waals surface area contributed by atoms with Crippen molar-refractivity contribution in [3.63, 3.8) is 0 Å². The van der Waals surface area contributed by atoms with Crippen LogP contribution in [-0.4, -0.2) is 22.1 Å². The Morgan fingerprint density at radius 2 is 2.41 bits per heavy atom. The molecule has 6 heteroatoms. The molecule has 0 aromatic carbocycles. The first-order chi connectivity index (χ1) is 8.08. The maximum absolute atomic E-state index is 10.7. The number of hydrogen-bond donors (Lipinski definition) is 2. The van der Waals surface area contributed by atoms with Crippen molar-refractivity contribution in [1.29, 1.82) is 0 Å². The van der Waals surface area contributed by atoms with Gasteiger partial charge in [0.05, 0.1) is 10.6 Å². The largest absolute Gasteiger partial charge is 0.480 e. The van der Waals surface area contributed by atoms with Gasteiger partial charge in [-0.2, -0.15) is 0 Å². The highest BCUT2D eigenvalue weighted by Crippen LogP contribution is 2.31. The minimum Gasteiger partial charge on any atom is -0.480 e. The molecule has 2 rings (SSSR count). The standard InChI is InChI=1S/C11H12N2O2S2/c1-6-9(5-7(12)11(14)15)17-10(13-6)8-3-2-4-16-8/h2-4,7H,5,12H2,1H3,(H,14,15). The predicted octanol–water partition coefficient (Wildman–Crippen LogP) is 2.13. The summed E-state index contributed by atoms with van der Waals surface area (Å²) in [5.74, 6) is -0.976. The summed E-state index contributed by atoms with van der Waals surface area (Å²) in [6.45, 7) is 1.89. The molecule has 0 amide bonds. The van der Waals surface area contributed by atoms with Gasteiger partial charge in [0.15, 0.2) is 0 Å². The molecule has 0 saturated carbocycles. The van der Waals surface area contributed by atoms with Gasteiger partial charge in [0.1, 0.15) is 11.0 Å². The number of thiophene rings is 1. The molecule has 2 aromatic rings. The molecular formula is C11H12N2O2S2. The quantitative estimate of drug-likeness (QED) is 0.890. The number of carboxylic acid groups (broad SMARTS) is 1. The monoisotopic (exact) mass is 268 g/mol. The molecule has 3 N–H and O–H groups in total. The van der Waals surface area contributed by atoms with Gasteiger partial charge >= 0.3 is 5.97 Å². The third-order valence-corrected chi connectivity index (χ3v) is 4.57. The molecule has 0 spiro atoms. The van der Waals surface area contributed by atoms with Gasteiger partial charge in [0.25, 0.3) is 0 Å². The van der Waals surface area contributed by atoms with E-state index in [-0.39, 0.29) is 0 Å². The van der Waals surface area contributed by atoms with Crippen LogP contribution in [0.1, 0.15) is 10.6 Å². The van der Waals surface area contributed by atoms with Gasteiger partial charge in [0, 0.05) is 11.3 Å². The maximum Gasteiger partial charge on any atom is 0.320 e. The summed E-state index contributed by atoms with van der Waals surface area (Å²) in [6.07, 6.45) is 0.338. The fourth-order valence-electron chi connectivity index (χ4n) is 1.41. The molecule has 0 aliphatic rings. The number of rotatable bonds is 4. The number of thiazole rings is 1. The molecule has 17 heavy (non-hydrogen) atoms. The molecule has 0 aliphatic heterocycles. The van der Waals surface area contributed by atoms with Gasteiger partial charge < -0.3 is 10.8 Å². The number of aliphatic carboxylic acids is 1. The van der Waals surface area contributed by atoms with Crippen LogP contribution < -0.4 is 5.73 Å². The molecule has 1 atom stereocenters. The lowest BCUT2D eigenvalue weighted by Crippen LogP contribution is -2.32. The Balaban J connectivity index is 2.22. The third kappa shape index (κ3) is 2.71. The zero-order valence-electron chi connectivity index (χ0n) is 9.21. The lowest BCUT2D eigenvalue weighted by Gasteiger charge is -2.03. The van der Waals surface area contributed by atoms with Crippen molar-refractivity contribution in [3.8, 4) is 9.88 Å². The van der Waals surface area contributed by atoms with E-state index in [1.165, 1.54) is 11.3 Å². The van der Waals surface area contributed by atoms with Gasteiger partial charge in [-0.05, 0) is 18.4 Å². The first-order valence-corrected chi connectivity index (χ1v) is 6.76. The molecule has 0 fully saturated rings. The number of carbonyl (C=O) groups is 1. The van der Waals surface area contributed by atoms with E-state index in [9.17, 15) is 4.79 Å². The van der Waals surface area contributed by atoms with Gasteiger partial charge in [-0.25, -0.2) is 4.98 Å². The van der Waals surface area contributed by atoms with Crippen molar-refractivity contribution in [2.45, 2.75) is 19.4 Å². The van der Waals surface area contributed by atoms with Crippen LogP contribution in [-0.2, 0) is 11.2 Å². The number of nitrogens with zero attached hydrogens (tertiary/aromatic N) is 1. The Morgan fingerprint density at radius 1 is 1.65 bits per heavy atom. The number of nitrogens with two attached hydrogens (primary N) is 1. The van der Waals surface area contributed by atoms with E-state index < -0.39 is 12.0 Å². The molecule has 4 nitrogen and oxygen atoms in total. The van der Waals surface area contributed by atoms with E-state index in [1.54, 1.807) is 11.3 Å². The second-order valence-electron chi connectivity index (χ2n) is 3.65. The summed E-state index contributed by atoms with van der Waals surface area (Å²) in [5, 5.41) is 11.7. The summed E-state index contributed by atoms with van der Waals surface area (Å²) < 4.78 is 0. The zero-order chi connectivity index (χ0) is 12.4. The maximum atomic E-state index is 10.7. The van der Waals surface area contributed by atoms with Crippen LogP contribution in [0.5, 0.6) is 0 Å². The lowest BCUT2D eigenvalue weighted by molar-refractivity contribution is -0.138. The second-order valence-corrected chi connectivity index (χ2v) is 5.69. The molecule has 90 valence electrons. The van der Waals surface area contributed by atoms with E-state index in [4.69, 9.17) is 10.8 Å². The number of aromatic nitrogens is 1. The molecule has 0 bridgehead atoms. The first kappa shape index (κ1) is 12.2. The second kappa shape index (κ2) is 4.95. The summed E-state index contributed by atoms with van der Waals surface area (Å²) in [6, 6.07) is 3.12. The normalized spacial score (nSPS) is 12.6. The molecular weight excluding hydrogens is 256 g/mol. The van der Waals surface area contributed by atoms with Crippen molar-refractivity contribution in [1.82, 2.24) is 4.98 Å². The lowest BCUT2D eigenvalue weighted by atomic mass is 10.2. The highest BCUT2D eigenvalue weighted by atomic mass is 32.1. The average Bonchev–Trinajstić information content (AvgIpc) is 2.88. The van der Waals surface area contributed by atoms with E-state index in [1.807, 2.05) is 24.4 Å². The Bertz CT molecular complexity index is 520. The smallest absolute Gasteiger partial charge is 0.320 e. The minimum atomic E-state index is -0.976. The van der Waals surface area contributed by atoms with Crippen molar-refractivity contribution in [2.75, 3.05) is 0 Å². The molecule has 0 radical (unpaired) electrons. The molecule has 2 heterocycles. The summed E-state index contributed by atoms with van der Waals surface area (Å²) in [5.41, 5.74) is 6.40. The first-order valence-electron chi connectivity index (χ1n) is 5.06. The van der Waals surface area contributed by atoms with Crippen LogP contribution in [0.3, 0.4) is 0 Å². The summed E-state index contributed by atoms with van der Waals surface area (Å²) >= 11 is 3.14. The van der Waals surface area contributed by atoms with Crippen molar-refractivity contribution in [2.24, 2.45) is 5.73 Å². The average molecular weight is 268 g/mol. The fraction of sp³-hybridized carbons (Fsp3) is 0.273. The van der Waals surface area contributed by atoms with Gasteiger partial charge in [0.2, 0.25) is 0 Å². The van der Waals surface area contributed by atoms with Crippen molar-refractivity contribution >= 4 is 28.6 Å². The minimum absolute atomic E-state index is 0.338. The molecule has 0 saturated heterocycles. The highest BCUT2D eigenvalue weighted by molar-refractivity contribution is 7.21. The third-order valence-electron chi connectivity index (χ3n) is 2.35. The Hall–Kier alpha value is -1.24. The van der Waals surface area contributed by atoms with Crippen LogP contribution in [0.25, 0.3) is 9.88 Å². The Kier molecular flexibility index (Phi) is 3.56. The van der Waals surface area contributed by atoms with Gasteiger partial charge in [-0.3, -0.25) is 4.79 Å². The highest BCUT2D eigenvalue weighted by Gasteiger charge is 2.17. The summed E-state index contributed by atoms with van der Waals surface area (Å²) in [7, 11) is 0. The number of aryl methyl sites for hydroxylation is 1. The number of carboxylic acids is 1. The van der Waals surface area contributed by atoms with E-state index >= 15 is 0 Å². The van der Waals surface area contributed by atoms with Crippen LogP contribution in [0.15, 0.2) is 17.5 Å². The van der Waals surface area contributed by atoms with Crippen molar-refractivity contribution in [3.05, 3.63) is 28.1 Å². The van der Waals surface area contributed by atoms with Crippen LogP contribution >= 0.6 is 22.7 Å². The van der Waals surface area contributed by atoms with Crippen molar-refractivity contribution < 1.29 is 9.90 Å². The van der Waals surface area contributed by atoms with E-state index in [2.05, 4.69) is 4.98 Å². The fourth-order valence-corrected chi connectivity index (χ4v) is 3.33. The molecule has 2 aromatic heterocycles. The van der Waals surface area contributed by atoms with Crippen LogP contribution in [0.2, 0.25) is 0 Å². The summed E-state index contributed by atoms with van der Waals surface area (Å²) in [4.78, 5) is 17.2. The SMILES string of the molecule is Cc1nc(-c2cccs2)sc1CC(N)C(=O)O. The molecule has 1 unspecified atom stereocenters. The Morgan fingerprint density at radius 3 is 3.00 bits per heavy atom. The van der Waals surface area contributed by atoms with Gasteiger partial charge in [-0.1, -0.05) is 6.07 Å².